The number of hydrogen-bond donors (Lipinski definition) is 1. The van der Waals surface area contributed by atoms with E-state index in [0.717, 1.165) is 24.2 Å². The second-order valence-electron chi connectivity index (χ2n) is 4.71. The van der Waals surface area contributed by atoms with Gasteiger partial charge in [0.2, 0.25) is 0 Å². The summed E-state index contributed by atoms with van der Waals surface area (Å²) in [4.78, 5) is 10.7. The molecule has 2 aromatic rings. The summed E-state index contributed by atoms with van der Waals surface area (Å²) in [5.74, 6) is 0. The number of fused-ring (bicyclic) bond motifs is 1. The molecular weight excluding hydrogens is 216 g/mol. The lowest BCUT2D eigenvalue weighted by Crippen LogP contribution is -2.54. The van der Waals surface area contributed by atoms with Crippen LogP contribution in [0.1, 0.15) is 13.8 Å². The van der Waals surface area contributed by atoms with E-state index in [0.29, 0.717) is 18.1 Å². The highest BCUT2D eigenvalue weighted by Crippen LogP contribution is 2.22. The highest BCUT2D eigenvalue weighted by atomic mass is 16.4. The number of hydrogen-bond acceptors (Lipinski definition) is 5. The zero-order valence-electron chi connectivity index (χ0n) is 10.1. The van der Waals surface area contributed by atoms with E-state index >= 15 is 0 Å². The van der Waals surface area contributed by atoms with Crippen LogP contribution in [-0.2, 0) is 0 Å². The molecule has 0 aliphatic carbocycles. The van der Waals surface area contributed by atoms with E-state index in [1.807, 2.05) is 6.07 Å². The van der Waals surface area contributed by atoms with E-state index in [1.165, 1.54) is 0 Å². The van der Waals surface area contributed by atoms with Gasteiger partial charge in [-0.3, -0.25) is 4.98 Å². The molecule has 17 heavy (non-hydrogen) atoms. The Morgan fingerprint density at radius 3 is 2.82 bits per heavy atom. The summed E-state index contributed by atoms with van der Waals surface area (Å²) in [7, 11) is 0. The first kappa shape index (κ1) is 10.5. The first-order valence-corrected chi connectivity index (χ1v) is 5.94. The summed E-state index contributed by atoms with van der Waals surface area (Å²) in [6.45, 7) is 6.19. The van der Waals surface area contributed by atoms with E-state index in [4.69, 9.17) is 4.42 Å². The zero-order valence-corrected chi connectivity index (χ0v) is 10.1. The Balaban J connectivity index is 1.92. The van der Waals surface area contributed by atoms with Gasteiger partial charge < -0.3 is 14.6 Å². The Morgan fingerprint density at radius 2 is 2.12 bits per heavy atom. The van der Waals surface area contributed by atoms with E-state index in [-0.39, 0.29) is 0 Å². The predicted octanol–water partition coefficient (Wildman–Crippen LogP) is 1.41. The number of oxazole rings is 1. The standard InChI is InChI=1S/C12H16N4O/c1-8-6-16(7-9(2)14-8)12-15-10-5-13-4-3-11(10)17-12/h3-5,8-9,14H,6-7H2,1-2H3/t8-,9+. The molecule has 1 aliphatic heterocycles. The molecule has 3 heterocycles. The van der Waals surface area contributed by atoms with Crippen LogP contribution in [-0.4, -0.2) is 35.1 Å². The number of nitrogens with one attached hydrogen (secondary N) is 1. The molecule has 2 aromatic heterocycles. The van der Waals surface area contributed by atoms with Gasteiger partial charge in [-0.1, -0.05) is 0 Å². The number of anilines is 1. The van der Waals surface area contributed by atoms with Crippen molar-refractivity contribution in [3.63, 3.8) is 0 Å². The number of rotatable bonds is 1. The SMILES string of the molecule is C[C@@H]1CN(c2nc3cnccc3o2)C[C@H](C)N1. The lowest BCUT2D eigenvalue weighted by atomic mass is 10.2. The monoisotopic (exact) mass is 232 g/mol. The van der Waals surface area contributed by atoms with E-state index in [9.17, 15) is 0 Å². The van der Waals surface area contributed by atoms with Crippen molar-refractivity contribution in [2.75, 3.05) is 18.0 Å². The average molecular weight is 232 g/mol. The Kier molecular flexibility index (Phi) is 2.48. The van der Waals surface area contributed by atoms with Crippen molar-refractivity contribution in [2.24, 2.45) is 0 Å². The maximum atomic E-state index is 5.75. The maximum absolute atomic E-state index is 5.75. The highest BCUT2D eigenvalue weighted by Gasteiger charge is 2.24. The summed E-state index contributed by atoms with van der Waals surface area (Å²) < 4.78 is 5.75. The molecule has 0 radical (unpaired) electrons. The van der Waals surface area contributed by atoms with Gasteiger partial charge in [0.25, 0.3) is 6.01 Å². The van der Waals surface area contributed by atoms with Gasteiger partial charge in [0.1, 0.15) is 5.52 Å². The number of piperazine rings is 1. The van der Waals surface area contributed by atoms with Crippen LogP contribution in [0, 0.1) is 0 Å². The molecular formula is C12H16N4O. The highest BCUT2D eigenvalue weighted by molar-refractivity contribution is 5.73. The van der Waals surface area contributed by atoms with Crippen LogP contribution in [0.4, 0.5) is 6.01 Å². The smallest absolute Gasteiger partial charge is 0.298 e. The Labute approximate surface area is 99.8 Å². The minimum absolute atomic E-state index is 0.451. The fraction of sp³-hybridized carbons (Fsp3) is 0.500. The summed E-state index contributed by atoms with van der Waals surface area (Å²) >= 11 is 0. The predicted molar refractivity (Wildman–Crippen MR) is 66.1 cm³/mol. The van der Waals surface area contributed by atoms with Gasteiger partial charge in [-0.05, 0) is 13.8 Å². The van der Waals surface area contributed by atoms with Crippen molar-refractivity contribution in [2.45, 2.75) is 25.9 Å². The minimum Gasteiger partial charge on any atom is -0.423 e. The van der Waals surface area contributed by atoms with E-state index in [2.05, 4.69) is 34.0 Å². The molecule has 5 heteroatoms. The maximum Gasteiger partial charge on any atom is 0.298 e. The van der Waals surface area contributed by atoms with Gasteiger partial charge in [0.05, 0.1) is 6.20 Å². The number of aromatic nitrogens is 2. The van der Waals surface area contributed by atoms with Crippen LogP contribution in [0.3, 0.4) is 0 Å². The molecule has 0 spiro atoms. The van der Waals surface area contributed by atoms with Crippen LogP contribution in [0.5, 0.6) is 0 Å². The van der Waals surface area contributed by atoms with Gasteiger partial charge in [0, 0.05) is 37.4 Å². The van der Waals surface area contributed by atoms with Crippen LogP contribution >= 0.6 is 0 Å². The molecule has 1 fully saturated rings. The molecule has 0 unspecified atom stereocenters. The molecule has 5 nitrogen and oxygen atoms in total. The van der Waals surface area contributed by atoms with E-state index in [1.54, 1.807) is 12.4 Å². The van der Waals surface area contributed by atoms with Gasteiger partial charge in [-0.2, -0.15) is 4.98 Å². The van der Waals surface area contributed by atoms with Crippen molar-refractivity contribution in [1.29, 1.82) is 0 Å². The van der Waals surface area contributed by atoms with Crippen LogP contribution in [0.25, 0.3) is 11.1 Å². The van der Waals surface area contributed by atoms with Crippen molar-refractivity contribution < 1.29 is 4.42 Å². The first-order chi connectivity index (χ1) is 8.22. The molecule has 0 aromatic carbocycles. The third-order valence-corrected chi connectivity index (χ3v) is 3.01. The topological polar surface area (TPSA) is 54.2 Å². The van der Waals surface area contributed by atoms with Gasteiger partial charge in [-0.25, -0.2) is 0 Å². The molecule has 2 atom stereocenters. The number of nitrogens with zero attached hydrogens (tertiary/aromatic N) is 3. The van der Waals surface area contributed by atoms with Crippen molar-refractivity contribution in [3.8, 4) is 0 Å². The second-order valence-corrected chi connectivity index (χ2v) is 4.71. The Morgan fingerprint density at radius 1 is 1.35 bits per heavy atom. The average Bonchev–Trinajstić information content (AvgIpc) is 2.71. The number of pyridine rings is 1. The molecule has 0 bridgehead atoms. The molecule has 3 rings (SSSR count). The summed E-state index contributed by atoms with van der Waals surface area (Å²) in [6.07, 6.45) is 3.46. The molecule has 1 aliphatic rings. The second kappa shape index (κ2) is 4.00. The van der Waals surface area contributed by atoms with Crippen LogP contribution in [0.15, 0.2) is 22.9 Å². The Bertz CT molecular complexity index is 481. The molecule has 0 amide bonds. The lowest BCUT2D eigenvalue weighted by Gasteiger charge is -2.35. The molecule has 1 N–H and O–H groups in total. The van der Waals surface area contributed by atoms with Gasteiger partial charge >= 0.3 is 0 Å². The Hall–Kier alpha value is -1.62. The van der Waals surface area contributed by atoms with Gasteiger partial charge in [0.15, 0.2) is 5.58 Å². The zero-order chi connectivity index (χ0) is 11.8. The van der Waals surface area contributed by atoms with Crippen molar-refractivity contribution >= 4 is 17.1 Å². The summed E-state index contributed by atoms with van der Waals surface area (Å²) in [5, 5.41) is 3.49. The molecule has 90 valence electrons. The van der Waals surface area contributed by atoms with E-state index < -0.39 is 0 Å². The van der Waals surface area contributed by atoms with Crippen molar-refractivity contribution in [1.82, 2.24) is 15.3 Å². The first-order valence-electron chi connectivity index (χ1n) is 5.94. The van der Waals surface area contributed by atoms with Crippen LogP contribution in [0.2, 0.25) is 0 Å². The molecule has 1 saturated heterocycles. The molecule has 0 saturated carbocycles. The minimum atomic E-state index is 0.451. The quantitative estimate of drug-likeness (QED) is 0.805. The third-order valence-electron chi connectivity index (χ3n) is 3.01. The lowest BCUT2D eigenvalue weighted by molar-refractivity contribution is 0.389. The fourth-order valence-corrected chi connectivity index (χ4v) is 2.39. The fourth-order valence-electron chi connectivity index (χ4n) is 2.39. The largest absolute Gasteiger partial charge is 0.423 e. The third kappa shape index (κ3) is 1.98. The van der Waals surface area contributed by atoms with Gasteiger partial charge in [-0.15, -0.1) is 0 Å². The summed E-state index contributed by atoms with van der Waals surface area (Å²) in [5.41, 5.74) is 1.62. The van der Waals surface area contributed by atoms with Crippen LogP contribution < -0.4 is 10.2 Å². The van der Waals surface area contributed by atoms with Crippen molar-refractivity contribution in [3.05, 3.63) is 18.5 Å². The summed E-state index contributed by atoms with van der Waals surface area (Å²) in [6, 6.07) is 3.45. The normalized spacial score (nSPS) is 25.4.